The molecule has 2 aromatic carbocycles. The highest BCUT2D eigenvalue weighted by molar-refractivity contribution is 6.00. The molecule has 1 unspecified atom stereocenters. The van der Waals surface area contributed by atoms with Gasteiger partial charge in [-0.15, -0.1) is 0 Å². The molecule has 1 fully saturated rings. The van der Waals surface area contributed by atoms with Crippen LogP contribution in [-0.2, 0) is 24.2 Å². The van der Waals surface area contributed by atoms with Gasteiger partial charge in [0.05, 0.1) is 12.2 Å². The van der Waals surface area contributed by atoms with E-state index >= 15 is 0 Å². The number of aryl methyl sites for hydroxylation is 1. The molecule has 2 aliphatic rings. The van der Waals surface area contributed by atoms with E-state index in [1.165, 1.54) is 12.0 Å². The average molecular weight is 485 g/mol. The van der Waals surface area contributed by atoms with E-state index in [1.807, 2.05) is 31.2 Å². The summed E-state index contributed by atoms with van der Waals surface area (Å²) in [6.45, 7) is 4.85. The van der Waals surface area contributed by atoms with Crippen LogP contribution < -0.4 is 5.32 Å². The van der Waals surface area contributed by atoms with Crippen molar-refractivity contribution < 1.29 is 9.59 Å². The number of nitrogens with one attached hydrogen (secondary N) is 1. The van der Waals surface area contributed by atoms with E-state index < -0.39 is 5.54 Å². The number of amides is 2. The van der Waals surface area contributed by atoms with E-state index in [0.29, 0.717) is 25.2 Å². The van der Waals surface area contributed by atoms with Gasteiger partial charge in [0.1, 0.15) is 11.2 Å². The standard InChI is InChI=1S/C30H36N4O2/c1-3-22-14-16-24(17-15-22)26-20-27-28(35)33(19-18-23-10-6-4-7-11-23)30(2,21-34(27)32-26)29(36)31-25-12-8-5-9-13-25/h4,6-7,10-11,14-17,20,25H,3,5,8-9,12-13,18-19,21H2,1-2H3,(H,31,36). The first-order valence-electron chi connectivity index (χ1n) is 13.3. The number of hydrogen-bond donors (Lipinski definition) is 1. The maximum absolute atomic E-state index is 13.9. The topological polar surface area (TPSA) is 67.2 Å². The lowest BCUT2D eigenvalue weighted by Gasteiger charge is -2.44. The maximum atomic E-state index is 13.9. The van der Waals surface area contributed by atoms with Crippen LogP contribution in [0.15, 0.2) is 60.7 Å². The number of hydrogen-bond acceptors (Lipinski definition) is 3. The highest BCUT2D eigenvalue weighted by atomic mass is 16.2. The molecule has 5 rings (SSSR count). The van der Waals surface area contributed by atoms with Crippen molar-refractivity contribution in [1.82, 2.24) is 20.0 Å². The van der Waals surface area contributed by atoms with E-state index in [1.54, 1.807) is 9.58 Å². The molecular formula is C30H36N4O2. The van der Waals surface area contributed by atoms with E-state index in [-0.39, 0.29) is 17.9 Å². The van der Waals surface area contributed by atoms with Crippen LogP contribution in [0.2, 0.25) is 0 Å². The van der Waals surface area contributed by atoms with E-state index in [4.69, 9.17) is 5.10 Å². The Morgan fingerprint density at radius 1 is 1.03 bits per heavy atom. The number of rotatable bonds is 7. The fourth-order valence-electron chi connectivity index (χ4n) is 5.52. The summed E-state index contributed by atoms with van der Waals surface area (Å²) >= 11 is 0. The smallest absolute Gasteiger partial charge is 0.273 e. The highest BCUT2D eigenvalue weighted by Crippen LogP contribution is 2.31. The first-order valence-corrected chi connectivity index (χ1v) is 13.3. The average Bonchev–Trinajstić information content (AvgIpc) is 3.33. The molecule has 0 bridgehead atoms. The largest absolute Gasteiger partial charge is 0.351 e. The molecule has 3 aromatic rings. The van der Waals surface area contributed by atoms with Gasteiger partial charge < -0.3 is 10.2 Å². The second kappa shape index (κ2) is 10.3. The first kappa shape index (κ1) is 24.3. The summed E-state index contributed by atoms with van der Waals surface area (Å²) in [4.78, 5) is 29.4. The number of carbonyl (C=O) groups excluding carboxylic acids is 2. The van der Waals surface area contributed by atoms with Crippen molar-refractivity contribution in [1.29, 1.82) is 0 Å². The molecule has 1 atom stereocenters. The molecule has 1 N–H and O–H groups in total. The Bertz CT molecular complexity index is 1210. The van der Waals surface area contributed by atoms with Crippen LogP contribution in [0.1, 0.15) is 67.6 Å². The molecule has 2 amide bonds. The van der Waals surface area contributed by atoms with Gasteiger partial charge in [-0.3, -0.25) is 14.3 Å². The molecule has 1 saturated carbocycles. The van der Waals surface area contributed by atoms with Gasteiger partial charge in [-0.05, 0) is 49.8 Å². The third kappa shape index (κ3) is 4.81. The predicted octanol–water partition coefficient (Wildman–Crippen LogP) is 5.02. The lowest BCUT2D eigenvalue weighted by Crippen LogP contribution is -2.65. The van der Waals surface area contributed by atoms with Gasteiger partial charge >= 0.3 is 0 Å². The molecule has 0 spiro atoms. The lowest BCUT2D eigenvalue weighted by molar-refractivity contribution is -0.134. The third-order valence-electron chi connectivity index (χ3n) is 7.85. The molecule has 1 aliphatic heterocycles. The summed E-state index contributed by atoms with van der Waals surface area (Å²) in [6, 6.07) is 20.5. The van der Waals surface area contributed by atoms with Gasteiger partial charge in [0, 0.05) is 18.2 Å². The fourth-order valence-corrected chi connectivity index (χ4v) is 5.52. The van der Waals surface area contributed by atoms with Gasteiger partial charge in [-0.25, -0.2) is 0 Å². The summed E-state index contributed by atoms with van der Waals surface area (Å²) in [7, 11) is 0. The lowest BCUT2D eigenvalue weighted by atomic mass is 9.91. The van der Waals surface area contributed by atoms with Crippen LogP contribution in [0, 0.1) is 0 Å². The molecule has 6 heteroatoms. The van der Waals surface area contributed by atoms with Crippen LogP contribution >= 0.6 is 0 Å². The van der Waals surface area contributed by atoms with Crippen molar-refractivity contribution in [2.24, 2.45) is 0 Å². The SMILES string of the molecule is CCc1ccc(-c2cc3n(n2)CC(C)(C(=O)NC2CCCCC2)N(CCc2ccccc2)C3=O)cc1. The van der Waals surface area contributed by atoms with Gasteiger partial charge in [-0.2, -0.15) is 5.10 Å². The molecule has 1 aliphatic carbocycles. The zero-order chi connectivity index (χ0) is 25.1. The third-order valence-corrected chi connectivity index (χ3v) is 7.85. The monoisotopic (exact) mass is 484 g/mol. The second-order valence-corrected chi connectivity index (χ2v) is 10.4. The first-order chi connectivity index (χ1) is 17.5. The minimum Gasteiger partial charge on any atom is -0.351 e. The summed E-state index contributed by atoms with van der Waals surface area (Å²) in [5, 5.41) is 8.08. The van der Waals surface area contributed by atoms with Crippen molar-refractivity contribution in [3.63, 3.8) is 0 Å². The van der Waals surface area contributed by atoms with Crippen LogP contribution in [0.4, 0.5) is 0 Å². The Hall–Kier alpha value is -3.41. The Balaban J connectivity index is 1.45. The zero-order valence-corrected chi connectivity index (χ0v) is 21.4. The van der Waals surface area contributed by atoms with Gasteiger partial charge in [-0.1, -0.05) is 80.8 Å². The van der Waals surface area contributed by atoms with E-state index in [2.05, 4.69) is 48.6 Å². The fraction of sp³-hybridized carbons (Fsp3) is 0.433. The van der Waals surface area contributed by atoms with Gasteiger partial charge in [0.2, 0.25) is 5.91 Å². The summed E-state index contributed by atoms with van der Waals surface area (Å²) in [6.07, 6.45) is 7.19. The Morgan fingerprint density at radius 3 is 2.44 bits per heavy atom. The molecular weight excluding hydrogens is 448 g/mol. The molecule has 6 nitrogen and oxygen atoms in total. The number of benzene rings is 2. The Kier molecular flexibility index (Phi) is 6.95. The molecule has 1 aromatic heterocycles. The van der Waals surface area contributed by atoms with Crippen molar-refractivity contribution in [2.75, 3.05) is 6.54 Å². The highest BCUT2D eigenvalue weighted by Gasteiger charge is 2.48. The minimum atomic E-state index is -1.01. The van der Waals surface area contributed by atoms with Gasteiger partial charge in [0.15, 0.2) is 0 Å². The summed E-state index contributed by atoms with van der Waals surface area (Å²) in [5.74, 6) is -0.215. The van der Waals surface area contributed by atoms with Crippen molar-refractivity contribution in [3.05, 3.63) is 77.5 Å². The molecule has 0 saturated heterocycles. The van der Waals surface area contributed by atoms with E-state index in [9.17, 15) is 9.59 Å². The van der Waals surface area contributed by atoms with Crippen LogP contribution in [0.25, 0.3) is 11.3 Å². The summed E-state index contributed by atoms with van der Waals surface area (Å²) < 4.78 is 1.74. The van der Waals surface area contributed by atoms with Crippen molar-refractivity contribution in [3.8, 4) is 11.3 Å². The summed E-state index contributed by atoms with van der Waals surface area (Å²) in [5.41, 5.74) is 3.69. The molecule has 0 radical (unpaired) electrons. The number of aromatic nitrogens is 2. The van der Waals surface area contributed by atoms with Crippen molar-refractivity contribution >= 4 is 11.8 Å². The quantitative estimate of drug-likeness (QED) is 0.512. The zero-order valence-electron chi connectivity index (χ0n) is 21.4. The number of fused-ring (bicyclic) bond motifs is 1. The normalized spacial score (nSPS) is 20.3. The molecule has 36 heavy (non-hydrogen) atoms. The molecule has 188 valence electrons. The van der Waals surface area contributed by atoms with Crippen LogP contribution in [-0.4, -0.2) is 44.6 Å². The van der Waals surface area contributed by atoms with Crippen LogP contribution in [0.3, 0.4) is 0 Å². The Morgan fingerprint density at radius 2 is 1.75 bits per heavy atom. The number of nitrogens with zero attached hydrogens (tertiary/aromatic N) is 3. The maximum Gasteiger partial charge on any atom is 0.273 e. The number of carbonyl (C=O) groups is 2. The van der Waals surface area contributed by atoms with Crippen LogP contribution in [0.5, 0.6) is 0 Å². The van der Waals surface area contributed by atoms with Gasteiger partial charge in [0.25, 0.3) is 5.91 Å². The molecule has 2 heterocycles. The Labute approximate surface area is 213 Å². The second-order valence-electron chi connectivity index (χ2n) is 10.4. The van der Waals surface area contributed by atoms with Crippen molar-refractivity contribution in [2.45, 2.75) is 76.9 Å². The predicted molar refractivity (Wildman–Crippen MR) is 142 cm³/mol. The minimum absolute atomic E-state index is 0.0780. The van der Waals surface area contributed by atoms with E-state index in [0.717, 1.165) is 48.9 Å².